The topological polar surface area (TPSA) is 29.5 Å². The van der Waals surface area contributed by atoms with Crippen LogP contribution in [0.2, 0.25) is 0 Å². The Bertz CT molecular complexity index is 502. The fourth-order valence-corrected chi connectivity index (χ4v) is 2.67. The quantitative estimate of drug-likeness (QED) is 0.704. The summed E-state index contributed by atoms with van der Waals surface area (Å²) < 4.78 is 6.54. The molecule has 0 bridgehead atoms. The van der Waals surface area contributed by atoms with Crippen LogP contribution < -0.4 is 4.74 Å². The van der Waals surface area contributed by atoms with Gasteiger partial charge in [-0.3, -0.25) is 4.79 Å². The Labute approximate surface area is 136 Å². The van der Waals surface area contributed by atoms with Gasteiger partial charge in [-0.25, -0.2) is 0 Å². The van der Waals surface area contributed by atoms with E-state index >= 15 is 0 Å². The highest BCUT2D eigenvalue weighted by molar-refractivity contribution is 9.10. The Kier molecular flexibility index (Phi) is 6.96. The second-order valence-electron chi connectivity index (χ2n) is 5.38. The van der Waals surface area contributed by atoms with Crippen molar-refractivity contribution in [3.05, 3.63) is 34.3 Å². The zero-order chi connectivity index (χ0) is 16.0. The number of nitrogens with zero attached hydrogens (tertiary/aromatic N) is 1. The number of amides is 1. The first-order chi connectivity index (χ1) is 9.86. The Balaban J connectivity index is 2.98. The summed E-state index contributed by atoms with van der Waals surface area (Å²) in [6.07, 6.45) is 3.43. The van der Waals surface area contributed by atoms with Crippen LogP contribution in [0.15, 0.2) is 28.7 Å². The van der Waals surface area contributed by atoms with Crippen LogP contribution in [0.1, 0.15) is 40.2 Å². The number of benzene rings is 1. The summed E-state index contributed by atoms with van der Waals surface area (Å²) in [4.78, 5) is 14.2. The van der Waals surface area contributed by atoms with Crippen LogP contribution in [0.5, 0.6) is 5.75 Å². The lowest BCUT2D eigenvalue weighted by molar-refractivity contribution is -0.129. The number of rotatable bonds is 6. The molecule has 0 saturated heterocycles. The molecule has 1 aromatic carbocycles. The first kappa shape index (κ1) is 17.8. The van der Waals surface area contributed by atoms with E-state index in [2.05, 4.69) is 15.9 Å². The van der Waals surface area contributed by atoms with E-state index in [4.69, 9.17) is 4.74 Å². The zero-order valence-corrected chi connectivity index (χ0v) is 15.0. The predicted molar refractivity (Wildman–Crippen MR) is 91.5 cm³/mol. The summed E-state index contributed by atoms with van der Waals surface area (Å²) in [5.41, 5.74) is 0.895. The van der Waals surface area contributed by atoms with Crippen molar-refractivity contribution in [1.29, 1.82) is 0 Å². The molecular weight excluding hydrogens is 330 g/mol. The average molecular weight is 354 g/mol. The fourth-order valence-electron chi connectivity index (χ4n) is 2.29. The molecule has 0 radical (unpaired) electrons. The van der Waals surface area contributed by atoms with Crippen molar-refractivity contribution < 1.29 is 9.53 Å². The van der Waals surface area contributed by atoms with Crippen LogP contribution in [0, 0.1) is 0 Å². The van der Waals surface area contributed by atoms with E-state index in [0.717, 1.165) is 15.8 Å². The number of carbonyl (C=O) groups is 1. The standard InChI is InChI=1S/C17H24BrNO2/c1-6-21-16-9-8-15(18)11-14(16)7-10-17(20)19(12(2)3)13(4)5/h7-13H,6H2,1-5H3/b10-7+. The average Bonchev–Trinajstić information content (AvgIpc) is 2.38. The van der Waals surface area contributed by atoms with Gasteiger partial charge in [-0.05, 0) is 58.9 Å². The van der Waals surface area contributed by atoms with Gasteiger partial charge >= 0.3 is 0 Å². The predicted octanol–water partition coefficient (Wildman–Crippen LogP) is 4.51. The lowest BCUT2D eigenvalue weighted by atomic mass is 10.1. The third-order valence-corrected chi connectivity index (χ3v) is 3.54. The van der Waals surface area contributed by atoms with Crippen LogP contribution in [0.4, 0.5) is 0 Å². The van der Waals surface area contributed by atoms with E-state index in [1.165, 1.54) is 0 Å². The Morgan fingerprint density at radius 3 is 2.43 bits per heavy atom. The number of ether oxygens (including phenoxy) is 1. The van der Waals surface area contributed by atoms with E-state index in [9.17, 15) is 4.79 Å². The molecule has 3 nitrogen and oxygen atoms in total. The highest BCUT2D eigenvalue weighted by Gasteiger charge is 2.17. The third-order valence-electron chi connectivity index (χ3n) is 3.04. The van der Waals surface area contributed by atoms with Crippen molar-refractivity contribution in [1.82, 2.24) is 4.90 Å². The van der Waals surface area contributed by atoms with Crippen molar-refractivity contribution in [2.45, 2.75) is 46.7 Å². The lowest BCUT2D eigenvalue weighted by Gasteiger charge is -2.29. The van der Waals surface area contributed by atoms with Crippen molar-refractivity contribution in [2.24, 2.45) is 0 Å². The fraction of sp³-hybridized carbons (Fsp3) is 0.471. The number of halogens is 1. The molecule has 0 aliphatic rings. The smallest absolute Gasteiger partial charge is 0.247 e. The number of hydrogen-bond acceptors (Lipinski definition) is 2. The molecule has 0 spiro atoms. The second kappa shape index (κ2) is 8.23. The SMILES string of the molecule is CCOc1ccc(Br)cc1/C=C/C(=O)N(C(C)C)C(C)C. The van der Waals surface area contributed by atoms with Gasteiger partial charge in [-0.2, -0.15) is 0 Å². The summed E-state index contributed by atoms with van der Waals surface area (Å²) in [7, 11) is 0. The maximum atomic E-state index is 12.3. The molecule has 0 aliphatic heterocycles. The molecule has 0 unspecified atom stereocenters. The molecule has 0 N–H and O–H groups in total. The van der Waals surface area contributed by atoms with Gasteiger partial charge in [-0.1, -0.05) is 15.9 Å². The molecule has 1 rings (SSSR count). The van der Waals surface area contributed by atoms with E-state index in [1.54, 1.807) is 6.08 Å². The minimum atomic E-state index is 0.0161. The van der Waals surface area contributed by atoms with Crippen molar-refractivity contribution in [3.63, 3.8) is 0 Å². The van der Waals surface area contributed by atoms with E-state index in [0.29, 0.717) is 6.61 Å². The normalized spacial score (nSPS) is 11.4. The summed E-state index contributed by atoms with van der Waals surface area (Å²) >= 11 is 3.45. The first-order valence-electron chi connectivity index (χ1n) is 7.29. The maximum absolute atomic E-state index is 12.3. The minimum Gasteiger partial charge on any atom is -0.493 e. The molecule has 4 heteroatoms. The van der Waals surface area contributed by atoms with Crippen LogP contribution in [-0.2, 0) is 4.79 Å². The van der Waals surface area contributed by atoms with Gasteiger partial charge in [0.25, 0.3) is 0 Å². The third kappa shape index (κ3) is 5.20. The first-order valence-corrected chi connectivity index (χ1v) is 8.08. The lowest BCUT2D eigenvalue weighted by Crippen LogP contribution is -2.41. The van der Waals surface area contributed by atoms with Gasteiger partial charge < -0.3 is 9.64 Å². The molecule has 1 aromatic rings. The number of hydrogen-bond donors (Lipinski definition) is 0. The van der Waals surface area contributed by atoms with Crippen molar-refractivity contribution in [3.8, 4) is 5.75 Å². The monoisotopic (exact) mass is 353 g/mol. The number of carbonyl (C=O) groups excluding carboxylic acids is 1. The zero-order valence-electron chi connectivity index (χ0n) is 13.4. The summed E-state index contributed by atoms with van der Waals surface area (Å²) in [5, 5.41) is 0. The van der Waals surface area contributed by atoms with Gasteiger partial charge in [0.1, 0.15) is 5.75 Å². The Morgan fingerprint density at radius 2 is 1.90 bits per heavy atom. The molecule has 0 atom stereocenters. The van der Waals surface area contributed by atoms with Gasteiger partial charge in [0.05, 0.1) is 6.61 Å². The van der Waals surface area contributed by atoms with Gasteiger partial charge in [-0.15, -0.1) is 0 Å². The highest BCUT2D eigenvalue weighted by Crippen LogP contribution is 2.24. The molecule has 1 amide bonds. The van der Waals surface area contributed by atoms with E-state index in [1.807, 2.05) is 63.8 Å². The Hall–Kier alpha value is -1.29. The van der Waals surface area contributed by atoms with Crippen molar-refractivity contribution in [2.75, 3.05) is 6.61 Å². The van der Waals surface area contributed by atoms with E-state index in [-0.39, 0.29) is 18.0 Å². The molecular formula is C17H24BrNO2. The largest absolute Gasteiger partial charge is 0.493 e. The maximum Gasteiger partial charge on any atom is 0.247 e. The minimum absolute atomic E-state index is 0.0161. The molecule has 0 heterocycles. The van der Waals surface area contributed by atoms with Gasteiger partial charge in [0.15, 0.2) is 0 Å². The molecule has 0 saturated carbocycles. The molecule has 0 aromatic heterocycles. The van der Waals surface area contributed by atoms with Crippen LogP contribution in [0.25, 0.3) is 6.08 Å². The van der Waals surface area contributed by atoms with Crippen LogP contribution >= 0.6 is 15.9 Å². The van der Waals surface area contributed by atoms with Crippen LogP contribution in [0.3, 0.4) is 0 Å². The van der Waals surface area contributed by atoms with Gasteiger partial charge in [0, 0.05) is 28.2 Å². The Morgan fingerprint density at radius 1 is 1.29 bits per heavy atom. The summed E-state index contributed by atoms with van der Waals surface area (Å²) in [6, 6.07) is 6.13. The molecule has 0 aliphatic carbocycles. The molecule has 116 valence electrons. The second-order valence-corrected chi connectivity index (χ2v) is 6.30. The molecule has 0 fully saturated rings. The molecule has 21 heavy (non-hydrogen) atoms. The summed E-state index contributed by atoms with van der Waals surface area (Å²) in [6.45, 7) is 10.6. The van der Waals surface area contributed by atoms with Gasteiger partial charge in [0.2, 0.25) is 5.91 Å². The summed E-state index contributed by atoms with van der Waals surface area (Å²) in [5.74, 6) is 0.799. The van der Waals surface area contributed by atoms with E-state index < -0.39 is 0 Å². The van der Waals surface area contributed by atoms with Crippen molar-refractivity contribution >= 4 is 27.9 Å². The van der Waals surface area contributed by atoms with Crippen LogP contribution in [-0.4, -0.2) is 29.5 Å². The highest BCUT2D eigenvalue weighted by atomic mass is 79.9.